The first kappa shape index (κ1) is 13.0. The smallest absolute Gasteiger partial charge is 0.217 e. The van der Waals surface area contributed by atoms with Crippen LogP contribution in [0.5, 0.6) is 0 Å². The summed E-state index contributed by atoms with van der Waals surface area (Å²) >= 11 is 0. The van der Waals surface area contributed by atoms with E-state index in [0.717, 1.165) is 0 Å². The van der Waals surface area contributed by atoms with Crippen LogP contribution >= 0.6 is 0 Å². The Morgan fingerprint density at radius 3 is 1.93 bits per heavy atom. The molecule has 0 atom stereocenters. The molecule has 1 aromatic heterocycles. The van der Waals surface area contributed by atoms with Gasteiger partial charge in [-0.05, 0) is 6.92 Å². The molecule has 0 aliphatic heterocycles. The molecule has 0 N–H and O–H groups in total. The number of hydrogen-bond acceptors (Lipinski definition) is 4. The van der Waals surface area contributed by atoms with Gasteiger partial charge in [0.1, 0.15) is 7.05 Å². The average molecular weight is 219 g/mol. The Bertz CT molecular complexity index is 336. The van der Waals surface area contributed by atoms with Crippen molar-refractivity contribution in [1.29, 1.82) is 0 Å². The van der Waals surface area contributed by atoms with Crippen LogP contribution in [0.1, 0.15) is 6.92 Å². The highest BCUT2D eigenvalue weighted by molar-refractivity contribution is 7.80. The molecule has 6 heteroatoms. The van der Waals surface area contributed by atoms with E-state index in [-0.39, 0.29) is 6.61 Å². The Morgan fingerprint density at radius 1 is 1.29 bits per heavy atom. The molecule has 0 amide bonds. The van der Waals surface area contributed by atoms with E-state index >= 15 is 0 Å². The fraction of sp³-hybridized carbons (Fsp3) is 0.375. The van der Waals surface area contributed by atoms with Crippen LogP contribution in [0.25, 0.3) is 0 Å². The summed E-state index contributed by atoms with van der Waals surface area (Å²) in [7, 11) is -2.42. The molecule has 0 aliphatic carbocycles. The Morgan fingerprint density at radius 2 is 1.79 bits per heavy atom. The molecular weight excluding hydrogens is 206 g/mol. The average Bonchev–Trinajstić information content (AvgIpc) is 2.04. The number of pyridine rings is 1. The molecule has 0 aliphatic rings. The van der Waals surface area contributed by atoms with E-state index in [4.69, 9.17) is 0 Å². The van der Waals surface area contributed by atoms with Crippen LogP contribution in [0.15, 0.2) is 30.6 Å². The van der Waals surface area contributed by atoms with E-state index in [1.54, 1.807) is 0 Å². The predicted molar refractivity (Wildman–Crippen MR) is 48.9 cm³/mol. The Balaban J connectivity index is 0.000000241. The summed E-state index contributed by atoms with van der Waals surface area (Å²) in [5, 5.41) is 0. The van der Waals surface area contributed by atoms with Crippen molar-refractivity contribution in [2.24, 2.45) is 7.05 Å². The van der Waals surface area contributed by atoms with E-state index in [2.05, 4.69) is 4.18 Å². The van der Waals surface area contributed by atoms with Gasteiger partial charge >= 0.3 is 0 Å². The monoisotopic (exact) mass is 219 g/mol. The fourth-order valence-electron chi connectivity index (χ4n) is 0.629. The molecule has 5 nitrogen and oxygen atoms in total. The molecule has 0 aromatic carbocycles. The lowest BCUT2D eigenvalue weighted by molar-refractivity contribution is -0.671. The van der Waals surface area contributed by atoms with Crippen molar-refractivity contribution in [2.75, 3.05) is 6.61 Å². The first-order chi connectivity index (χ1) is 6.45. The van der Waals surface area contributed by atoms with E-state index in [0.29, 0.717) is 0 Å². The van der Waals surface area contributed by atoms with Crippen LogP contribution in [0.2, 0.25) is 0 Å². The van der Waals surface area contributed by atoms with Crippen molar-refractivity contribution in [3.63, 3.8) is 0 Å². The summed E-state index contributed by atoms with van der Waals surface area (Å²) in [6.07, 6.45) is 4.00. The highest BCUT2D eigenvalue weighted by Crippen LogP contribution is 1.80. The molecule has 14 heavy (non-hydrogen) atoms. The molecule has 0 saturated carbocycles. The van der Waals surface area contributed by atoms with E-state index in [1.165, 1.54) is 6.92 Å². The molecule has 80 valence electrons. The van der Waals surface area contributed by atoms with Crippen molar-refractivity contribution in [3.8, 4) is 0 Å². The van der Waals surface area contributed by atoms with Crippen molar-refractivity contribution >= 4 is 10.4 Å². The maximum Gasteiger partial charge on any atom is 0.217 e. The number of hydrogen-bond donors (Lipinski definition) is 0. The van der Waals surface area contributed by atoms with Gasteiger partial charge in [0.05, 0.1) is 6.61 Å². The van der Waals surface area contributed by atoms with Gasteiger partial charge in [0, 0.05) is 12.1 Å². The van der Waals surface area contributed by atoms with Crippen LogP contribution in [-0.2, 0) is 21.6 Å². The fourth-order valence-corrected chi connectivity index (χ4v) is 0.918. The highest BCUT2D eigenvalue weighted by atomic mass is 32.3. The SMILES string of the molecule is CCOS(=O)(=O)[O-].C[n+]1ccccc1. The summed E-state index contributed by atoms with van der Waals surface area (Å²) in [4.78, 5) is 0. The summed E-state index contributed by atoms with van der Waals surface area (Å²) in [5.41, 5.74) is 0. The van der Waals surface area contributed by atoms with Crippen LogP contribution in [-0.4, -0.2) is 19.6 Å². The van der Waals surface area contributed by atoms with Crippen molar-refractivity contribution in [1.82, 2.24) is 0 Å². The van der Waals surface area contributed by atoms with Gasteiger partial charge in [-0.1, -0.05) is 6.07 Å². The first-order valence-electron chi connectivity index (χ1n) is 3.96. The third-order valence-corrected chi connectivity index (χ3v) is 1.65. The van der Waals surface area contributed by atoms with Gasteiger partial charge in [0.25, 0.3) is 0 Å². The molecule has 0 bridgehead atoms. The lowest BCUT2D eigenvalue weighted by atomic mass is 10.5. The maximum absolute atomic E-state index is 9.45. The molecule has 1 rings (SSSR count). The first-order valence-corrected chi connectivity index (χ1v) is 5.29. The summed E-state index contributed by atoms with van der Waals surface area (Å²) in [5.74, 6) is 0. The maximum atomic E-state index is 9.45. The second-order valence-corrected chi connectivity index (χ2v) is 3.41. The third-order valence-electron chi connectivity index (χ3n) is 1.13. The standard InChI is InChI=1S/C6H8N.C2H6O4S/c1-7-5-3-2-4-6-7;1-2-6-7(3,4)5/h2-6H,1H3;2H2,1H3,(H,3,4,5)/q+1;/p-1. The van der Waals surface area contributed by atoms with Gasteiger partial charge in [-0.15, -0.1) is 0 Å². The van der Waals surface area contributed by atoms with Gasteiger partial charge in [0.15, 0.2) is 12.4 Å². The second-order valence-electron chi connectivity index (χ2n) is 2.36. The molecule has 0 unspecified atom stereocenters. The third kappa shape index (κ3) is 9.11. The lowest BCUT2D eigenvalue weighted by Gasteiger charge is -2.02. The number of rotatable bonds is 2. The van der Waals surface area contributed by atoms with Crippen LogP contribution in [0.4, 0.5) is 0 Å². The quantitative estimate of drug-likeness (QED) is 0.398. The Labute approximate surface area is 83.9 Å². The van der Waals surface area contributed by atoms with Gasteiger partial charge in [-0.2, -0.15) is 0 Å². The summed E-state index contributed by atoms with van der Waals surface area (Å²) < 4.78 is 34.0. The molecule has 0 spiro atoms. The highest BCUT2D eigenvalue weighted by Gasteiger charge is 1.85. The molecule has 0 radical (unpaired) electrons. The zero-order chi connectivity index (χ0) is 11.0. The Hall–Kier alpha value is -0.980. The molecule has 1 aromatic rings. The lowest BCUT2D eigenvalue weighted by Crippen LogP contribution is -2.25. The van der Waals surface area contributed by atoms with Gasteiger partial charge in [-0.25, -0.2) is 13.0 Å². The Kier molecular flexibility index (Phi) is 6.02. The van der Waals surface area contributed by atoms with Crippen LogP contribution < -0.4 is 4.57 Å². The predicted octanol–water partition coefficient (Wildman–Crippen LogP) is -0.00580. The molecule has 1 heterocycles. The molecule has 0 saturated heterocycles. The van der Waals surface area contributed by atoms with E-state index < -0.39 is 10.4 Å². The summed E-state index contributed by atoms with van der Waals surface area (Å²) in [6.45, 7) is 1.33. The number of aromatic nitrogens is 1. The zero-order valence-electron chi connectivity index (χ0n) is 8.08. The zero-order valence-corrected chi connectivity index (χ0v) is 8.90. The van der Waals surface area contributed by atoms with Crippen molar-refractivity contribution in [3.05, 3.63) is 30.6 Å². The largest absolute Gasteiger partial charge is 0.726 e. The second kappa shape index (κ2) is 6.47. The molecular formula is C8H13NO4S. The number of nitrogens with zero attached hydrogens (tertiary/aromatic N) is 1. The van der Waals surface area contributed by atoms with Crippen LogP contribution in [0, 0.1) is 0 Å². The normalized spacial score (nSPS) is 10.2. The minimum absolute atomic E-state index is 0.0914. The summed E-state index contributed by atoms with van der Waals surface area (Å²) in [6, 6.07) is 6.00. The molecule has 0 fully saturated rings. The van der Waals surface area contributed by atoms with Gasteiger partial charge in [-0.3, -0.25) is 4.18 Å². The van der Waals surface area contributed by atoms with E-state index in [9.17, 15) is 13.0 Å². The number of aryl methyl sites for hydroxylation is 1. The minimum Gasteiger partial charge on any atom is -0.726 e. The van der Waals surface area contributed by atoms with Crippen molar-refractivity contribution in [2.45, 2.75) is 6.92 Å². The van der Waals surface area contributed by atoms with E-state index in [1.807, 2.05) is 42.2 Å². The minimum atomic E-state index is -4.42. The van der Waals surface area contributed by atoms with Gasteiger partial charge < -0.3 is 4.55 Å². The van der Waals surface area contributed by atoms with Crippen molar-refractivity contribution < 1.29 is 21.7 Å². The topological polar surface area (TPSA) is 70.3 Å². The van der Waals surface area contributed by atoms with Gasteiger partial charge in [0.2, 0.25) is 10.4 Å². The van der Waals surface area contributed by atoms with Crippen LogP contribution in [0.3, 0.4) is 0 Å².